The summed E-state index contributed by atoms with van der Waals surface area (Å²) in [7, 11) is 1.52. The van der Waals surface area contributed by atoms with Crippen LogP contribution < -0.4 is 16.0 Å². The van der Waals surface area contributed by atoms with Gasteiger partial charge in [-0.15, -0.1) is 0 Å². The predicted octanol–water partition coefficient (Wildman–Crippen LogP) is 0.458. The van der Waals surface area contributed by atoms with Crippen LogP contribution in [0.3, 0.4) is 0 Å². The maximum atomic E-state index is 11.1. The van der Waals surface area contributed by atoms with E-state index in [1.54, 1.807) is 24.3 Å². The molecule has 0 bridgehead atoms. The minimum absolute atomic E-state index is 0.539. The third-order valence-electron chi connectivity index (χ3n) is 2.36. The SMILES string of the molecule is COc1cccc(C(C)(NN)C(=O)O)c1. The Balaban J connectivity index is 3.18. The molecule has 0 radical (unpaired) electrons. The zero-order valence-electron chi connectivity index (χ0n) is 8.65. The number of aliphatic carboxylic acids is 1. The Morgan fingerprint density at radius 3 is 2.73 bits per heavy atom. The average Bonchev–Trinajstić information content (AvgIpc) is 2.27. The van der Waals surface area contributed by atoms with Gasteiger partial charge in [0.2, 0.25) is 0 Å². The van der Waals surface area contributed by atoms with Crippen LogP contribution in [0, 0.1) is 0 Å². The van der Waals surface area contributed by atoms with Gasteiger partial charge in [-0.2, -0.15) is 0 Å². The van der Waals surface area contributed by atoms with Crippen LogP contribution in [0.25, 0.3) is 0 Å². The van der Waals surface area contributed by atoms with Crippen molar-refractivity contribution in [3.63, 3.8) is 0 Å². The Kier molecular flexibility index (Phi) is 3.28. The van der Waals surface area contributed by atoms with Crippen molar-refractivity contribution < 1.29 is 14.6 Å². The fourth-order valence-corrected chi connectivity index (χ4v) is 1.20. The minimum Gasteiger partial charge on any atom is -0.497 e. The third-order valence-corrected chi connectivity index (χ3v) is 2.36. The Hall–Kier alpha value is -1.59. The molecule has 0 aliphatic carbocycles. The lowest BCUT2D eigenvalue weighted by atomic mass is 9.93. The van der Waals surface area contributed by atoms with Crippen molar-refractivity contribution >= 4 is 5.97 Å². The van der Waals surface area contributed by atoms with Gasteiger partial charge in [-0.1, -0.05) is 12.1 Å². The van der Waals surface area contributed by atoms with E-state index in [0.29, 0.717) is 11.3 Å². The highest BCUT2D eigenvalue weighted by Gasteiger charge is 2.34. The number of nitrogens with two attached hydrogens (primary N) is 1. The summed E-state index contributed by atoms with van der Waals surface area (Å²) in [5, 5.41) is 9.07. The van der Waals surface area contributed by atoms with Gasteiger partial charge in [0.1, 0.15) is 5.75 Å². The second-order valence-electron chi connectivity index (χ2n) is 3.31. The molecule has 15 heavy (non-hydrogen) atoms. The molecule has 0 fully saturated rings. The number of carbonyl (C=O) groups is 1. The minimum atomic E-state index is -1.31. The number of hydrazine groups is 1. The van der Waals surface area contributed by atoms with Gasteiger partial charge in [0.15, 0.2) is 5.54 Å². The van der Waals surface area contributed by atoms with E-state index in [1.165, 1.54) is 14.0 Å². The molecule has 0 spiro atoms. The standard InChI is InChI=1S/C10H14N2O3/c1-10(12-11,9(13)14)7-4-3-5-8(6-7)15-2/h3-6,12H,11H2,1-2H3,(H,13,14). The van der Waals surface area contributed by atoms with E-state index in [4.69, 9.17) is 15.7 Å². The topological polar surface area (TPSA) is 84.6 Å². The number of hydrogen-bond donors (Lipinski definition) is 3. The van der Waals surface area contributed by atoms with Gasteiger partial charge in [0.05, 0.1) is 7.11 Å². The monoisotopic (exact) mass is 210 g/mol. The first kappa shape index (κ1) is 11.5. The third kappa shape index (κ3) is 2.08. The van der Waals surface area contributed by atoms with Crippen LogP contribution in [0.4, 0.5) is 0 Å². The van der Waals surface area contributed by atoms with Gasteiger partial charge < -0.3 is 9.84 Å². The first-order chi connectivity index (χ1) is 7.04. The van der Waals surface area contributed by atoms with Crippen LogP contribution in [0.1, 0.15) is 12.5 Å². The van der Waals surface area contributed by atoms with Crippen molar-refractivity contribution in [2.45, 2.75) is 12.5 Å². The van der Waals surface area contributed by atoms with Gasteiger partial charge >= 0.3 is 5.97 Å². The number of hydrogen-bond acceptors (Lipinski definition) is 4. The van der Waals surface area contributed by atoms with E-state index < -0.39 is 11.5 Å². The Labute approximate surface area is 87.8 Å². The van der Waals surface area contributed by atoms with Crippen molar-refractivity contribution in [3.05, 3.63) is 29.8 Å². The highest BCUT2D eigenvalue weighted by Crippen LogP contribution is 2.23. The van der Waals surface area contributed by atoms with Crippen molar-refractivity contribution in [3.8, 4) is 5.75 Å². The summed E-state index contributed by atoms with van der Waals surface area (Å²) in [5.74, 6) is 4.81. The Bertz CT molecular complexity index is 367. The number of ether oxygens (including phenoxy) is 1. The molecule has 0 aromatic heterocycles. The summed E-state index contributed by atoms with van der Waals surface area (Å²) in [6.07, 6.45) is 0. The summed E-state index contributed by atoms with van der Waals surface area (Å²) >= 11 is 0. The normalized spacial score (nSPS) is 14.3. The molecule has 5 heteroatoms. The molecule has 0 aliphatic heterocycles. The van der Waals surface area contributed by atoms with E-state index in [0.717, 1.165) is 0 Å². The molecular weight excluding hydrogens is 196 g/mol. The average molecular weight is 210 g/mol. The van der Waals surface area contributed by atoms with Crippen molar-refractivity contribution in [1.29, 1.82) is 0 Å². The number of rotatable bonds is 4. The molecule has 0 saturated carbocycles. The largest absolute Gasteiger partial charge is 0.497 e. The highest BCUT2D eigenvalue weighted by atomic mass is 16.5. The molecule has 1 atom stereocenters. The van der Waals surface area contributed by atoms with Crippen LogP contribution in [-0.4, -0.2) is 18.2 Å². The van der Waals surface area contributed by atoms with Gasteiger partial charge in [0.25, 0.3) is 0 Å². The molecule has 1 rings (SSSR count). The quantitative estimate of drug-likeness (QED) is 0.496. The summed E-state index contributed by atoms with van der Waals surface area (Å²) in [4.78, 5) is 11.1. The van der Waals surface area contributed by atoms with Gasteiger partial charge in [-0.3, -0.25) is 5.84 Å². The number of methoxy groups -OCH3 is 1. The summed E-state index contributed by atoms with van der Waals surface area (Å²) < 4.78 is 5.01. The molecule has 0 heterocycles. The van der Waals surface area contributed by atoms with E-state index in [2.05, 4.69) is 5.43 Å². The first-order valence-corrected chi connectivity index (χ1v) is 4.40. The summed E-state index contributed by atoms with van der Waals surface area (Å²) in [6, 6.07) is 6.76. The number of carboxylic acids is 1. The van der Waals surface area contributed by atoms with Crippen molar-refractivity contribution in [1.82, 2.24) is 5.43 Å². The van der Waals surface area contributed by atoms with Gasteiger partial charge in [-0.25, -0.2) is 10.2 Å². The Morgan fingerprint density at radius 1 is 1.60 bits per heavy atom. The molecule has 4 N–H and O–H groups in total. The smallest absolute Gasteiger partial charge is 0.329 e. The zero-order chi connectivity index (χ0) is 11.5. The molecule has 5 nitrogen and oxygen atoms in total. The van der Waals surface area contributed by atoms with E-state index in [-0.39, 0.29) is 0 Å². The summed E-state index contributed by atoms with van der Waals surface area (Å²) in [5.41, 5.74) is 1.52. The van der Waals surface area contributed by atoms with Gasteiger partial charge in [-0.05, 0) is 24.6 Å². The van der Waals surface area contributed by atoms with Crippen molar-refractivity contribution in [2.24, 2.45) is 5.84 Å². The van der Waals surface area contributed by atoms with Crippen molar-refractivity contribution in [2.75, 3.05) is 7.11 Å². The fraction of sp³-hybridized carbons (Fsp3) is 0.300. The van der Waals surface area contributed by atoms with Crippen LogP contribution in [0.2, 0.25) is 0 Å². The molecule has 0 saturated heterocycles. The summed E-state index contributed by atoms with van der Waals surface area (Å²) in [6.45, 7) is 1.49. The second-order valence-corrected chi connectivity index (χ2v) is 3.31. The number of nitrogens with one attached hydrogen (secondary N) is 1. The van der Waals surface area contributed by atoms with Gasteiger partial charge in [0, 0.05) is 0 Å². The maximum Gasteiger partial charge on any atom is 0.329 e. The maximum absolute atomic E-state index is 11.1. The van der Waals surface area contributed by atoms with E-state index >= 15 is 0 Å². The molecule has 0 amide bonds. The van der Waals surface area contributed by atoms with E-state index in [9.17, 15) is 4.79 Å². The molecule has 0 aliphatic rings. The van der Waals surface area contributed by atoms with Crippen LogP contribution >= 0.6 is 0 Å². The molecule has 1 aromatic carbocycles. The van der Waals surface area contributed by atoms with Crippen LogP contribution in [0.5, 0.6) is 5.75 Å². The predicted molar refractivity (Wildman–Crippen MR) is 55.3 cm³/mol. The lowest BCUT2D eigenvalue weighted by molar-refractivity contribution is -0.144. The Morgan fingerprint density at radius 2 is 2.27 bits per heavy atom. The fourth-order valence-electron chi connectivity index (χ4n) is 1.20. The molecule has 82 valence electrons. The lowest BCUT2D eigenvalue weighted by Gasteiger charge is -2.24. The highest BCUT2D eigenvalue weighted by molar-refractivity contribution is 5.80. The molecule has 1 unspecified atom stereocenters. The first-order valence-electron chi connectivity index (χ1n) is 4.40. The number of carboxylic acid groups (broad SMARTS) is 1. The number of benzene rings is 1. The van der Waals surface area contributed by atoms with Crippen LogP contribution in [-0.2, 0) is 10.3 Å². The molecular formula is C10H14N2O3. The molecule has 1 aromatic rings. The lowest BCUT2D eigenvalue weighted by Crippen LogP contribution is -2.50. The zero-order valence-corrected chi connectivity index (χ0v) is 8.65. The van der Waals surface area contributed by atoms with Crippen LogP contribution in [0.15, 0.2) is 24.3 Å². The second kappa shape index (κ2) is 4.29. The van der Waals surface area contributed by atoms with E-state index in [1.807, 2.05) is 0 Å².